The van der Waals surface area contributed by atoms with Gasteiger partial charge in [-0.1, -0.05) is 32.0 Å². The van der Waals surface area contributed by atoms with E-state index in [4.69, 9.17) is 9.52 Å². The van der Waals surface area contributed by atoms with E-state index in [0.29, 0.717) is 5.09 Å². The summed E-state index contributed by atoms with van der Waals surface area (Å²) < 4.78 is 5.12. The summed E-state index contributed by atoms with van der Waals surface area (Å²) in [5.74, 6) is 0.701. The van der Waals surface area contributed by atoms with Crippen molar-refractivity contribution in [2.45, 2.75) is 31.8 Å². The minimum Gasteiger partial charge on any atom is -0.475 e. The molecule has 1 aromatic rings. The van der Waals surface area contributed by atoms with Crippen LogP contribution >= 0.6 is 11.8 Å². The van der Waals surface area contributed by atoms with Crippen LogP contribution in [0.5, 0.6) is 0 Å². The molecule has 0 aromatic carbocycles. The molecule has 1 aromatic heterocycles. The molecule has 0 aliphatic carbocycles. The molecule has 0 unspecified atom stereocenters. The minimum atomic E-state index is -1.01. The van der Waals surface area contributed by atoms with Gasteiger partial charge < -0.3 is 9.52 Å². The van der Waals surface area contributed by atoms with Gasteiger partial charge in [0.1, 0.15) is 0 Å². The van der Waals surface area contributed by atoms with Crippen molar-refractivity contribution in [1.29, 1.82) is 0 Å². The zero-order valence-electron chi connectivity index (χ0n) is 9.03. The molecule has 1 heterocycles. The predicted octanol–water partition coefficient (Wildman–Crippen LogP) is 3.51. The normalized spacial score (nSPS) is 10.9. The van der Waals surface area contributed by atoms with Crippen molar-refractivity contribution in [3.63, 3.8) is 0 Å². The molecule has 0 radical (unpaired) electrons. The third kappa shape index (κ3) is 4.42. The molecule has 0 aliphatic rings. The molecule has 3 nitrogen and oxygen atoms in total. The Hall–Kier alpha value is -0.900. The van der Waals surface area contributed by atoms with Crippen LogP contribution in [0.1, 0.15) is 37.2 Å². The molecule has 0 saturated heterocycles. The van der Waals surface area contributed by atoms with Crippen molar-refractivity contribution in [2.24, 2.45) is 5.92 Å². The first kappa shape index (κ1) is 12.2. The van der Waals surface area contributed by atoms with Gasteiger partial charge in [0.25, 0.3) is 0 Å². The Morgan fingerprint density at radius 2 is 2.27 bits per heavy atom. The standard InChI is InChI=1S/C11H16O3S/c1-8(2)4-3-7-15-10-6-5-9(14-10)11(12)13/h5-6,8H,3-4,7H2,1-2H3,(H,12,13). The molecular weight excluding hydrogens is 212 g/mol. The number of furan rings is 1. The van der Waals surface area contributed by atoms with Gasteiger partial charge in [-0.2, -0.15) is 0 Å². The Morgan fingerprint density at radius 1 is 1.53 bits per heavy atom. The van der Waals surface area contributed by atoms with Gasteiger partial charge in [0.15, 0.2) is 5.09 Å². The van der Waals surface area contributed by atoms with Crippen LogP contribution in [0.25, 0.3) is 0 Å². The van der Waals surface area contributed by atoms with E-state index >= 15 is 0 Å². The summed E-state index contributed by atoms with van der Waals surface area (Å²) in [6, 6.07) is 3.20. The molecule has 0 saturated carbocycles. The predicted molar refractivity (Wildman–Crippen MR) is 60.5 cm³/mol. The van der Waals surface area contributed by atoms with Crippen molar-refractivity contribution in [1.82, 2.24) is 0 Å². The number of carboxylic acids is 1. The van der Waals surface area contributed by atoms with Crippen molar-refractivity contribution in [3.05, 3.63) is 17.9 Å². The summed E-state index contributed by atoms with van der Waals surface area (Å²) in [7, 11) is 0. The highest BCUT2D eigenvalue weighted by Gasteiger charge is 2.08. The van der Waals surface area contributed by atoms with Crippen LogP contribution in [0.4, 0.5) is 0 Å². The summed E-state index contributed by atoms with van der Waals surface area (Å²) in [6.45, 7) is 4.39. The van der Waals surface area contributed by atoms with Crippen LogP contribution in [-0.4, -0.2) is 16.8 Å². The molecule has 0 atom stereocenters. The highest BCUT2D eigenvalue weighted by Crippen LogP contribution is 2.22. The smallest absolute Gasteiger partial charge is 0.371 e. The van der Waals surface area contributed by atoms with E-state index in [1.165, 1.54) is 12.5 Å². The lowest BCUT2D eigenvalue weighted by atomic mass is 10.1. The van der Waals surface area contributed by atoms with Gasteiger partial charge in [0, 0.05) is 5.75 Å². The Labute approximate surface area is 93.9 Å². The summed E-state index contributed by atoms with van der Waals surface area (Å²) in [4.78, 5) is 10.5. The molecule has 84 valence electrons. The third-order valence-corrected chi connectivity index (χ3v) is 2.96. The lowest BCUT2D eigenvalue weighted by Crippen LogP contribution is -1.91. The number of thioether (sulfide) groups is 1. The average Bonchev–Trinajstić information content (AvgIpc) is 2.60. The van der Waals surface area contributed by atoms with E-state index in [9.17, 15) is 4.79 Å². The summed E-state index contributed by atoms with van der Waals surface area (Å²) in [5.41, 5.74) is 0. The summed E-state index contributed by atoms with van der Waals surface area (Å²) in [6.07, 6.45) is 2.32. The van der Waals surface area contributed by atoms with Gasteiger partial charge in [0.05, 0.1) is 0 Å². The molecular formula is C11H16O3S. The SMILES string of the molecule is CC(C)CCCSc1ccc(C(=O)O)o1. The fourth-order valence-corrected chi connectivity index (χ4v) is 2.00. The van der Waals surface area contributed by atoms with Crippen molar-refractivity contribution in [2.75, 3.05) is 5.75 Å². The molecule has 4 heteroatoms. The van der Waals surface area contributed by atoms with Gasteiger partial charge in [-0.05, 0) is 24.5 Å². The first-order valence-corrected chi connectivity index (χ1v) is 6.04. The molecule has 0 aliphatic heterocycles. The topological polar surface area (TPSA) is 50.4 Å². The first-order chi connectivity index (χ1) is 7.09. The van der Waals surface area contributed by atoms with E-state index < -0.39 is 5.97 Å². The second-order valence-electron chi connectivity index (χ2n) is 3.81. The van der Waals surface area contributed by atoms with E-state index in [2.05, 4.69) is 13.8 Å². The summed E-state index contributed by atoms with van der Waals surface area (Å²) >= 11 is 1.57. The second kappa shape index (κ2) is 5.85. The van der Waals surface area contributed by atoms with E-state index in [1.54, 1.807) is 17.8 Å². The van der Waals surface area contributed by atoms with Crippen molar-refractivity contribution < 1.29 is 14.3 Å². The number of hydrogen-bond acceptors (Lipinski definition) is 3. The van der Waals surface area contributed by atoms with Crippen LogP contribution in [0.2, 0.25) is 0 Å². The molecule has 0 fully saturated rings. The number of aromatic carboxylic acids is 1. The van der Waals surface area contributed by atoms with E-state index in [-0.39, 0.29) is 5.76 Å². The Morgan fingerprint density at radius 3 is 2.80 bits per heavy atom. The first-order valence-electron chi connectivity index (χ1n) is 5.05. The van der Waals surface area contributed by atoms with Crippen LogP contribution in [0.15, 0.2) is 21.6 Å². The van der Waals surface area contributed by atoms with Gasteiger partial charge in [0.2, 0.25) is 5.76 Å². The quantitative estimate of drug-likeness (QED) is 0.598. The van der Waals surface area contributed by atoms with Gasteiger partial charge in [-0.25, -0.2) is 4.79 Å². The van der Waals surface area contributed by atoms with Gasteiger partial charge in [-0.15, -0.1) is 0 Å². The maximum atomic E-state index is 10.5. The number of carbonyl (C=O) groups is 1. The monoisotopic (exact) mass is 228 g/mol. The minimum absolute atomic E-state index is 0.0151. The highest BCUT2D eigenvalue weighted by molar-refractivity contribution is 7.99. The fraction of sp³-hybridized carbons (Fsp3) is 0.545. The largest absolute Gasteiger partial charge is 0.475 e. The van der Waals surface area contributed by atoms with Crippen molar-refractivity contribution >= 4 is 17.7 Å². The maximum absolute atomic E-state index is 10.5. The third-order valence-electron chi connectivity index (χ3n) is 1.96. The number of hydrogen-bond donors (Lipinski definition) is 1. The van der Waals surface area contributed by atoms with Crippen molar-refractivity contribution in [3.8, 4) is 0 Å². The maximum Gasteiger partial charge on any atom is 0.371 e. The van der Waals surface area contributed by atoms with E-state index in [1.807, 2.05) is 0 Å². The Kier molecular flexibility index (Phi) is 4.75. The Balaban J connectivity index is 2.29. The lowest BCUT2D eigenvalue weighted by molar-refractivity contribution is 0.0656. The zero-order valence-corrected chi connectivity index (χ0v) is 9.84. The zero-order chi connectivity index (χ0) is 11.3. The second-order valence-corrected chi connectivity index (χ2v) is 4.91. The number of rotatable bonds is 6. The van der Waals surface area contributed by atoms with Gasteiger partial charge in [-0.3, -0.25) is 0 Å². The molecule has 0 spiro atoms. The molecule has 15 heavy (non-hydrogen) atoms. The van der Waals surface area contributed by atoms with Crippen LogP contribution in [-0.2, 0) is 0 Å². The van der Waals surface area contributed by atoms with Gasteiger partial charge >= 0.3 is 5.97 Å². The van der Waals surface area contributed by atoms with Crippen LogP contribution < -0.4 is 0 Å². The molecule has 1 N–H and O–H groups in total. The summed E-state index contributed by atoms with van der Waals surface area (Å²) in [5, 5.41) is 9.33. The fourth-order valence-electron chi connectivity index (χ4n) is 1.18. The van der Waals surface area contributed by atoms with E-state index in [0.717, 1.165) is 18.1 Å². The highest BCUT2D eigenvalue weighted by atomic mass is 32.2. The Bertz CT molecular complexity index is 317. The lowest BCUT2D eigenvalue weighted by Gasteiger charge is -2.02. The average molecular weight is 228 g/mol. The number of carboxylic acid groups (broad SMARTS) is 1. The molecule has 1 rings (SSSR count). The van der Waals surface area contributed by atoms with Crippen LogP contribution in [0, 0.1) is 5.92 Å². The van der Waals surface area contributed by atoms with Crippen LogP contribution in [0.3, 0.4) is 0 Å². The molecule has 0 amide bonds. The molecule has 0 bridgehead atoms.